The minimum Gasteiger partial charge on any atom is -0.324 e. The predicted molar refractivity (Wildman–Crippen MR) is 184 cm³/mol. The first-order valence-corrected chi connectivity index (χ1v) is 21.0. The Labute approximate surface area is 259 Å². The topological polar surface area (TPSA) is 57.5 Å². The van der Waals surface area contributed by atoms with Gasteiger partial charge in [0.15, 0.2) is 0 Å². The van der Waals surface area contributed by atoms with E-state index >= 15 is 0 Å². The molecule has 3 nitrogen and oxygen atoms in total. The maximum atomic E-state index is 10.8. The van der Waals surface area contributed by atoms with Crippen molar-refractivity contribution in [2.75, 3.05) is 10.6 Å². The molecular formula is C34H70IO3P. The number of halogens is 1. The molecule has 0 unspecified atom stereocenters. The van der Waals surface area contributed by atoms with Crippen LogP contribution in [0, 0.1) is 0 Å². The maximum absolute atomic E-state index is 10.8. The third-order valence-electron chi connectivity index (χ3n) is 8.33. The first-order chi connectivity index (χ1) is 19.1. The molecule has 0 rings (SSSR count). The Balaban J connectivity index is 3.04. The molecule has 0 radical (unpaired) electrons. The van der Waals surface area contributed by atoms with E-state index in [0.717, 1.165) is 12.8 Å². The summed E-state index contributed by atoms with van der Waals surface area (Å²) in [6, 6.07) is 0. The molecule has 0 aliphatic rings. The maximum Gasteiger partial charge on any atom is 0.325 e. The molecule has 0 saturated heterocycles. The lowest BCUT2D eigenvalue weighted by Gasteiger charge is -2.05. The van der Waals surface area contributed by atoms with Crippen LogP contribution in [0.15, 0.2) is 0 Å². The normalized spacial score (nSPS) is 12.0. The number of alkyl halides is 1. The van der Waals surface area contributed by atoms with Gasteiger partial charge in [-0.1, -0.05) is 215 Å². The Morgan fingerprint density at radius 1 is 0.308 bits per heavy atom. The summed E-state index contributed by atoms with van der Waals surface area (Å²) in [6.07, 6.45) is 44.4. The minimum atomic E-state index is -3.77. The number of rotatable bonds is 34. The van der Waals surface area contributed by atoms with Crippen LogP contribution in [-0.2, 0) is 4.57 Å². The molecule has 0 fully saturated rings. The third-order valence-corrected chi connectivity index (χ3v) is 9.99. The molecule has 5 heteroatoms. The second kappa shape index (κ2) is 33.4. The summed E-state index contributed by atoms with van der Waals surface area (Å²) in [7, 11) is -3.77. The van der Waals surface area contributed by atoms with Gasteiger partial charge in [-0.25, -0.2) is 0 Å². The Hall–Kier alpha value is 0.880. The van der Waals surface area contributed by atoms with Crippen molar-refractivity contribution < 1.29 is 14.4 Å². The lowest BCUT2D eigenvalue weighted by Crippen LogP contribution is -1.88. The molecule has 0 aromatic heterocycles. The van der Waals surface area contributed by atoms with Crippen molar-refractivity contribution in [3.8, 4) is 0 Å². The van der Waals surface area contributed by atoms with Crippen molar-refractivity contribution in [1.29, 1.82) is 0 Å². The van der Waals surface area contributed by atoms with E-state index in [0.29, 0.717) is 6.42 Å². The minimum absolute atomic E-state index is 0.0620. The zero-order chi connectivity index (χ0) is 28.5. The standard InChI is InChI=1S/C34H70IO3P/c35-33-31-29-27-25-23-21-19-17-15-13-11-9-7-5-3-1-2-4-6-8-10-12-14-16-18-20-22-24-26-28-30-32-34-39(36,37)38/h1-34H2,(H2,36,37,38). The molecule has 0 amide bonds. The van der Waals surface area contributed by atoms with Crippen LogP contribution in [0.25, 0.3) is 0 Å². The van der Waals surface area contributed by atoms with Gasteiger partial charge in [-0.3, -0.25) is 4.57 Å². The number of hydrogen-bond donors (Lipinski definition) is 2. The van der Waals surface area contributed by atoms with Gasteiger partial charge in [-0.05, 0) is 17.3 Å². The van der Waals surface area contributed by atoms with Crippen LogP contribution in [-0.4, -0.2) is 20.4 Å². The lowest BCUT2D eigenvalue weighted by atomic mass is 10.0. The van der Waals surface area contributed by atoms with Gasteiger partial charge in [0.05, 0.1) is 0 Å². The van der Waals surface area contributed by atoms with E-state index in [1.165, 1.54) is 191 Å². The Kier molecular flexibility index (Phi) is 34.1. The molecule has 2 N–H and O–H groups in total. The molecule has 0 aromatic rings. The van der Waals surface area contributed by atoms with E-state index in [4.69, 9.17) is 9.79 Å². The fraction of sp³-hybridized carbons (Fsp3) is 1.00. The van der Waals surface area contributed by atoms with Crippen molar-refractivity contribution >= 4 is 30.2 Å². The molecule has 0 heterocycles. The van der Waals surface area contributed by atoms with Gasteiger partial charge in [-0.15, -0.1) is 0 Å². The van der Waals surface area contributed by atoms with E-state index in [9.17, 15) is 4.57 Å². The largest absolute Gasteiger partial charge is 0.325 e. The summed E-state index contributed by atoms with van der Waals surface area (Å²) in [5.74, 6) is 0. The summed E-state index contributed by atoms with van der Waals surface area (Å²) < 4.78 is 12.1. The van der Waals surface area contributed by atoms with Crippen LogP contribution < -0.4 is 0 Å². The highest BCUT2D eigenvalue weighted by atomic mass is 127. The van der Waals surface area contributed by atoms with E-state index in [1.54, 1.807) is 0 Å². The highest BCUT2D eigenvalue weighted by molar-refractivity contribution is 14.1. The van der Waals surface area contributed by atoms with Crippen molar-refractivity contribution in [1.82, 2.24) is 0 Å². The fourth-order valence-corrected chi connectivity index (χ4v) is 6.89. The Bertz CT molecular complexity index is 497. The van der Waals surface area contributed by atoms with Crippen molar-refractivity contribution in [2.24, 2.45) is 0 Å². The van der Waals surface area contributed by atoms with Crippen LogP contribution in [0.4, 0.5) is 0 Å². The molecule has 0 aliphatic heterocycles. The fourth-order valence-electron chi connectivity index (χ4n) is 5.72. The first kappa shape index (κ1) is 39.9. The first-order valence-electron chi connectivity index (χ1n) is 17.7. The molecule has 0 aromatic carbocycles. The quantitative estimate of drug-likeness (QED) is 0.0307. The van der Waals surface area contributed by atoms with Gasteiger partial charge < -0.3 is 9.79 Å². The second-order valence-corrected chi connectivity index (χ2v) is 15.2. The SMILES string of the molecule is O=P(O)(O)CCCCCCCCCCCCCCCCCCCCCCCCCCCCCCCCCCI. The molecular weight excluding hydrogens is 614 g/mol. The van der Waals surface area contributed by atoms with E-state index < -0.39 is 7.60 Å². The third kappa shape index (κ3) is 38.9. The van der Waals surface area contributed by atoms with Gasteiger partial charge in [0.1, 0.15) is 0 Å². The monoisotopic (exact) mass is 684 g/mol. The molecule has 0 aliphatic carbocycles. The lowest BCUT2D eigenvalue weighted by molar-refractivity contribution is 0.370. The van der Waals surface area contributed by atoms with Crippen LogP contribution in [0.5, 0.6) is 0 Å². The average Bonchev–Trinajstić information content (AvgIpc) is 2.90. The zero-order valence-electron chi connectivity index (χ0n) is 26.2. The van der Waals surface area contributed by atoms with Crippen LogP contribution in [0.1, 0.15) is 205 Å². The van der Waals surface area contributed by atoms with Gasteiger partial charge >= 0.3 is 7.60 Å². The summed E-state index contributed by atoms with van der Waals surface area (Å²) in [6.45, 7) is 0. The van der Waals surface area contributed by atoms with Gasteiger partial charge in [0.25, 0.3) is 0 Å². The van der Waals surface area contributed by atoms with Crippen LogP contribution in [0.3, 0.4) is 0 Å². The predicted octanol–water partition coefficient (Wildman–Crippen LogP) is 13.1. The van der Waals surface area contributed by atoms with Crippen molar-refractivity contribution in [2.45, 2.75) is 205 Å². The molecule has 39 heavy (non-hydrogen) atoms. The van der Waals surface area contributed by atoms with Crippen molar-refractivity contribution in [3.63, 3.8) is 0 Å². The summed E-state index contributed by atoms with van der Waals surface area (Å²) >= 11 is 2.49. The highest BCUT2D eigenvalue weighted by Gasteiger charge is 2.10. The highest BCUT2D eigenvalue weighted by Crippen LogP contribution is 2.35. The van der Waals surface area contributed by atoms with E-state index in [1.807, 2.05) is 0 Å². The molecule has 236 valence electrons. The second-order valence-electron chi connectivity index (χ2n) is 12.4. The Morgan fingerprint density at radius 3 is 0.615 bits per heavy atom. The molecule has 0 spiro atoms. The van der Waals surface area contributed by atoms with Gasteiger partial charge in [-0.2, -0.15) is 0 Å². The van der Waals surface area contributed by atoms with Gasteiger partial charge in [0, 0.05) is 6.16 Å². The zero-order valence-corrected chi connectivity index (χ0v) is 29.2. The van der Waals surface area contributed by atoms with E-state index in [-0.39, 0.29) is 6.16 Å². The van der Waals surface area contributed by atoms with E-state index in [2.05, 4.69) is 22.6 Å². The molecule has 0 bridgehead atoms. The summed E-state index contributed by atoms with van der Waals surface area (Å²) in [4.78, 5) is 17.7. The van der Waals surface area contributed by atoms with Crippen LogP contribution >= 0.6 is 30.2 Å². The molecule has 0 atom stereocenters. The number of unbranched alkanes of at least 4 members (excludes halogenated alkanes) is 31. The summed E-state index contributed by atoms with van der Waals surface area (Å²) in [5, 5.41) is 0. The van der Waals surface area contributed by atoms with Crippen LogP contribution in [0.2, 0.25) is 0 Å². The average molecular weight is 685 g/mol. The Morgan fingerprint density at radius 2 is 0.462 bits per heavy atom. The smallest absolute Gasteiger partial charge is 0.324 e. The molecule has 0 saturated carbocycles. The number of hydrogen-bond acceptors (Lipinski definition) is 1. The summed E-state index contributed by atoms with van der Waals surface area (Å²) in [5.41, 5.74) is 0. The van der Waals surface area contributed by atoms with Gasteiger partial charge in [0.2, 0.25) is 0 Å². The van der Waals surface area contributed by atoms with Crippen molar-refractivity contribution in [3.05, 3.63) is 0 Å².